The molecule has 0 saturated carbocycles. The summed E-state index contributed by atoms with van der Waals surface area (Å²) in [5, 5.41) is 4.49. The second-order valence-corrected chi connectivity index (χ2v) is 5.12. The lowest BCUT2D eigenvalue weighted by atomic mass is 10.1. The largest absolute Gasteiger partial charge is 0.379 e. The fourth-order valence-electron chi connectivity index (χ4n) is 2.13. The first-order valence-electron chi connectivity index (χ1n) is 5.49. The Morgan fingerprint density at radius 1 is 1.38 bits per heavy atom. The molecule has 2 atom stereocenters. The van der Waals surface area contributed by atoms with Crippen LogP contribution in [-0.2, 0) is 4.74 Å². The zero-order valence-corrected chi connectivity index (χ0v) is 9.96. The van der Waals surface area contributed by atoms with Gasteiger partial charge in [0.15, 0.2) is 0 Å². The van der Waals surface area contributed by atoms with E-state index in [1.807, 2.05) is 13.1 Å². The molecule has 0 radical (unpaired) electrons. The number of hydrogen-bond acceptors (Lipinski definition) is 4. The molecule has 1 N–H and O–H groups in total. The quantitative estimate of drug-likeness (QED) is 0.863. The van der Waals surface area contributed by atoms with Crippen LogP contribution in [0.15, 0.2) is 24.3 Å². The molecule has 2 aromatic rings. The van der Waals surface area contributed by atoms with E-state index in [0.717, 1.165) is 18.7 Å². The lowest BCUT2D eigenvalue weighted by molar-refractivity contribution is 0.188. The minimum Gasteiger partial charge on any atom is -0.379 e. The number of nitrogens with zero attached hydrogens (tertiary/aromatic N) is 1. The van der Waals surface area contributed by atoms with Crippen molar-refractivity contribution in [3.8, 4) is 0 Å². The molecule has 84 valence electrons. The Kier molecular flexibility index (Phi) is 2.63. The molecule has 0 spiro atoms. The molecule has 16 heavy (non-hydrogen) atoms. The van der Waals surface area contributed by atoms with E-state index in [9.17, 15) is 0 Å². The first-order valence-corrected chi connectivity index (χ1v) is 6.30. The molecule has 1 fully saturated rings. The maximum absolute atomic E-state index is 5.52. The Bertz CT molecular complexity index is 463. The van der Waals surface area contributed by atoms with Crippen LogP contribution in [0.25, 0.3) is 10.2 Å². The van der Waals surface area contributed by atoms with E-state index in [0.29, 0.717) is 12.0 Å². The summed E-state index contributed by atoms with van der Waals surface area (Å²) in [5.74, 6) is 0.405. The maximum atomic E-state index is 5.52. The summed E-state index contributed by atoms with van der Waals surface area (Å²) in [6.45, 7) is 1.57. The van der Waals surface area contributed by atoms with Crippen molar-refractivity contribution in [2.45, 2.75) is 12.0 Å². The van der Waals surface area contributed by atoms with Gasteiger partial charge in [-0.05, 0) is 19.2 Å². The van der Waals surface area contributed by atoms with Crippen molar-refractivity contribution in [3.05, 3.63) is 29.3 Å². The van der Waals surface area contributed by atoms with Gasteiger partial charge in [0.2, 0.25) is 0 Å². The fraction of sp³-hybridized carbons (Fsp3) is 0.417. The number of likely N-dealkylation sites (N-methyl/N-ethyl adjacent to an activating group) is 1. The minimum atomic E-state index is 0.403. The maximum Gasteiger partial charge on any atom is 0.101 e. The van der Waals surface area contributed by atoms with Gasteiger partial charge in [-0.15, -0.1) is 11.3 Å². The first kappa shape index (κ1) is 10.2. The van der Waals surface area contributed by atoms with Crippen molar-refractivity contribution in [1.29, 1.82) is 0 Å². The highest BCUT2D eigenvalue weighted by atomic mass is 32.1. The molecule has 1 aliphatic rings. The third-order valence-corrected chi connectivity index (χ3v) is 4.25. The van der Waals surface area contributed by atoms with Crippen LogP contribution in [0.4, 0.5) is 0 Å². The number of para-hydroxylation sites is 1. The van der Waals surface area contributed by atoms with Crippen LogP contribution in [0, 0.1) is 0 Å². The Balaban J connectivity index is 1.99. The van der Waals surface area contributed by atoms with E-state index in [2.05, 4.69) is 23.5 Å². The van der Waals surface area contributed by atoms with E-state index in [1.54, 1.807) is 11.3 Å². The second-order valence-electron chi connectivity index (χ2n) is 4.06. The number of benzene rings is 1. The van der Waals surface area contributed by atoms with Crippen LogP contribution < -0.4 is 5.32 Å². The lowest BCUT2D eigenvalue weighted by Gasteiger charge is -2.13. The Labute approximate surface area is 98.5 Å². The number of nitrogens with one attached hydrogen (secondary N) is 1. The molecule has 0 aliphatic carbocycles. The number of hydrogen-bond donors (Lipinski definition) is 1. The predicted molar refractivity (Wildman–Crippen MR) is 66.0 cm³/mol. The molecule has 1 aromatic carbocycles. The van der Waals surface area contributed by atoms with Gasteiger partial charge in [0.1, 0.15) is 5.01 Å². The van der Waals surface area contributed by atoms with Gasteiger partial charge in [-0.25, -0.2) is 4.98 Å². The predicted octanol–water partition coefficient (Wildman–Crippen LogP) is 2.00. The van der Waals surface area contributed by atoms with Crippen LogP contribution in [0.3, 0.4) is 0 Å². The zero-order valence-electron chi connectivity index (χ0n) is 9.14. The molecular weight excluding hydrogens is 220 g/mol. The SMILES string of the molecule is CNC1COCC1c1nc2ccccc2s1. The van der Waals surface area contributed by atoms with E-state index < -0.39 is 0 Å². The van der Waals surface area contributed by atoms with Crippen molar-refractivity contribution in [1.82, 2.24) is 10.3 Å². The van der Waals surface area contributed by atoms with Crippen LogP contribution in [0.2, 0.25) is 0 Å². The van der Waals surface area contributed by atoms with Crippen LogP contribution in [0.1, 0.15) is 10.9 Å². The minimum absolute atomic E-state index is 0.403. The summed E-state index contributed by atoms with van der Waals surface area (Å²) in [6, 6.07) is 8.69. The van der Waals surface area contributed by atoms with E-state index in [-0.39, 0.29) is 0 Å². The summed E-state index contributed by atoms with van der Waals surface area (Å²) >= 11 is 1.78. The van der Waals surface area contributed by atoms with Crippen LogP contribution in [-0.4, -0.2) is 31.3 Å². The summed E-state index contributed by atoms with van der Waals surface area (Å²) in [4.78, 5) is 4.69. The van der Waals surface area contributed by atoms with Gasteiger partial charge in [-0.1, -0.05) is 12.1 Å². The summed E-state index contributed by atoms with van der Waals surface area (Å²) < 4.78 is 6.78. The molecule has 0 bridgehead atoms. The third-order valence-electron chi connectivity index (χ3n) is 3.08. The number of thiazole rings is 1. The topological polar surface area (TPSA) is 34.1 Å². The van der Waals surface area contributed by atoms with Crippen molar-refractivity contribution in [2.24, 2.45) is 0 Å². The molecule has 1 aromatic heterocycles. The van der Waals surface area contributed by atoms with E-state index in [1.165, 1.54) is 9.71 Å². The van der Waals surface area contributed by atoms with Gasteiger partial charge in [0.05, 0.1) is 29.3 Å². The van der Waals surface area contributed by atoms with Gasteiger partial charge in [0.25, 0.3) is 0 Å². The van der Waals surface area contributed by atoms with E-state index >= 15 is 0 Å². The van der Waals surface area contributed by atoms with Gasteiger partial charge >= 0.3 is 0 Å². The molecule has 0 amide bonds. The highest BCUT2D eigenvalue weighted by Crippen LogP contribution is 2.32. The zero-order chi connectivity index (χ0) is 11.0. The van der Waals surface area contributed by atoms with Crippen molar-refractivity contribution in [2.75, 3.05) is 20.3 Å². The number of aromatic nitrogens is 1. The molecule has 1 aliphatic heterocycles. The van der Waals surface area contributed by atoms with Crippen molar-refractivity contribution < 1.29 is 4.74 Å². The van der Waals surface area contributed by atoms with Gasteiger partial charge in [0, 0.05) is 6.04 Å². The summed E-state index contributed by atoms with van der Waals surface area (Å²) in [6.07, 6.45) is 0. The van der Waals surface area contributed by atoms with Gasteiger partial charge in [-0.2, -0.15) is 0 Å². The normalized spacial score (nSPS) is 25.3. The van der Waals surface area contributed by atoms with Crippen molar-refractivity contribution in [3.63, 3.8) is 0 Å². The average molecular weight is 234 g/mol. The highest BCUT2D eigenvalue weighted by Gasteiger charge is 2.30. The third kappa shape index (κ3) is 1.63. The van der Waals surface area contributed by atoms with Gasteiger partial charge < -0.3 is 10.1 Å². The smallest absolute Gasteiger partial charge is 0.101 e. The lowest BCUT2D eigenvalue weighted by Crippen LogP contribution is -2.30. The first-order chi connectivity index (χ1) is 7.88. The second kappa shape index (κ2) is 4.13. The van der Waals surface area contributed by atoms with Gasteiger partial charge in [-0.3, -0.25) is 0 Å². The molecule has 3 rings (SSSR count). The Morgan fingerprint density at radius 2 is 2.25 bits per heavy atom. The number of ether oxygens (including phenoxy) is 1. The molecule has 2 heterocycles. The van der Waals surface area contributed by atoms with E-state index in [4.69, 9.17) is 9.72 Å². The Hall–Kier alpha value is -0.970. The highest BCUT2D eigenvalue weighted by molar-refractivity contribution is 7.18. The molecule has 1 saturated heterocycles. The fourth-order valence-corrected chi connectivity index (χ4v) is 3.25. The number of fused-ring (bicyclic) bond motifs is 1. The summed E-state index contributed by atoms with van der Waals surface area (Å²) in [7, 11) is 1.99. The summed E-state index contributed by atoms with van der Waals surface area (Å²) in [5.41, 5.74) is 1.10. The standard InChI is InChI=1S/C12H14N2OS/c1-13-10-7-15-6-8(10)12-14-9-4-2-3-5-11(9)16-12/h2-5,8,10,13H,6-7H2,1H3. The molecular formula is C12H14N2OS. The monoisotopic (exact) mass is 234 g/mol. The average Bonchev–Trinajstić information content (AvgIpc) is 2.94. The molecule has 4 heteroatoms. The molecule has 3 nitrogen and oxygen atoms in total. The Morgan fingerprint density at radius 3 is 3.06 bits per heavy atom. The van der Waals surface area contributed by atoms with Crippen LogP contribution in [0.5, 0.6) is 0 Å². The van der Waals surface area contributed by atoms with Crippen molar-refractivity contribution >= 4 is 21.6 Å². The number of rotatable bonds is 2. The molecule has 2 unspecified atom stereocenters. The van der Waals surface area contributed by atoms with Crippen LogP contribution >= 0.6 is 11.3 Å².